The number of rotatable bonds is 2. The van der Waals surface area contributed by atoms with Crippen LogP contribution in [-0.2, 0) is 11.3 Å². The molecule has 2 aliphatic heterocycles. The molecule has 1 N–H and O–H groups in total. The first-order valence-corrected chi connectivity index (χ1v) is 8.61. The van der Waals surface area contributed by atoms with Crippen LogP contribution in [0.3, 0.4) is 0 Å². The van der Waals surface area contributed by atoms with Crippen molar-refractivity contribution in [3.8, 4) is 0 Å². The Morgan fingerprint density at radius 2 is 1.79 bits per heavy atom. The summed E-state index contributed by atoms with van der Waals surface area (Å²) in [6.07, 6.45) is 12.9. The Kier molecular flexibility index (Phi) is 4.18. The predicted molar refractivity (Wildman–Crippen MR) is 95.9 cm³/mol. The molecule has 1 aromatic carbocycles. The molecule has 2 unspecified atom stereocenters. The number of hydrogen-bond donors (Lipinski definition) is 1. The van der Waals surface area contributed by atoms with E-state index in [0.717, 1.165) is 25.3 Å². The molecule has 2 heterocycles. The Labute approximate surface area is 143 Å². The second kappa shape index (κ2) is 6.62. The summed E-state index contributed by atoms with van der Waals surface area (Å²) >= 11 is 0. The zero-order valence-corrected chi connectivity index (χ0v) is 13.7. The highest BCUT2D eigenvalue weighted by Gasteiger charge is 2.38. The van der Waals surface area contributed by atoms with E-state index in [-0.39, 0.29) is 5.91 Å². The Morgan fingerprint density at radius 1 is 1.00 bits per heavy atom. The van der Waals surface area contributed by atoms with Crippen LogP contribution in [0.1, 0.15) is 12.0 Å². The molecule has 3 aliphatic rings. The van der Waals surface area contributed by atoms with Gasteiger partial charge in [-0.15, -0.1) is 0 Å². The van der Waals surface area contributed by atoms with Crippen molar-refractivity contribution < 1.29 is 4.79 Å². The van der Waals surface area contributed by atoms with Crippen molar-refractivity contribution in [2.24, 2.45) is 11.8 Å². The summed E-state index contributed by atoms with van der Waals surface area (Å²) in [6, 6.07) is 10.6. The minimum Gasteiger partial charge on any atom is -0.326 e. The largest absolute Gasteiger partial charge is 0.326 e. The Hall–Kier alpha value is -2.39. The topological polar surface area (TPSA) is 32.3 Å². The Balaban J connectivity index is 1.60. The minimum atomic E-state index is 0.138. The van der Waals surface area contributed by atoms with E-state index < -0.39 is 0 Å². The molecule has 2 atom stereocenters. The standard InChI is InChI=1S/C21H22N2O/c24-21-12-17-14-23(13-16-8-4-3-5-9-16)15-19(17)18-10-6-1-2-7-11-20(18)22-21/h1-11,17,19H,12-15H2,(H,22,24)/b2-1-,6-1?,7-2?,10-6?,11-7-,18-10?,20-11?. The van der Waals surface area contributed by atoms with Gasteiger partial charge in [0.05, 0.1) is 0 Å². The highest BCUT2D eigenvalue weighted by molar-refractivity contribution is 5.80. The first-order chi connectivity index (χ1) is 11.8. The van der Waals surface area contributed by atoms with E-state index in [0.29, 0.717) is 18.3 Å². The summed E-state index contributed by atoms with van der Waals surface area (Å²) in [5, 5.41) is 3.09. The Morgan fingerprint density at radius 3 is 2.62 bits per heavy atom. The number of benzene rings is 1. The molecule has 1 fully saturated rings. The van der Waals surface area contributed by atoms with Crippen molar-refractivity contribution in [3.05, 3.63) is 83.6 Å². The van der Waals surface area contributed by atoms with Crippen LogP contribution in [0, 0.1) is 11.8 Å². The van der Waals surface area contributed by atoms with Crippen LogP contribution < -0.4 is 5.32 Å². The van der Waals surface area contributed by atoms with Crippen LogP contribution in [0.4, 0.5) is 0 Å². The van der Waals surface area contributed by atoms with Gasteiger partial charge in [0.2, 0.25) is 5.91 Å². The molecule has 4 rings (SSSR count). The van der Waals surface area contributed by atoms with Gasteiger partial charge in [-0.25, -0.2) is 0 Å². The van der Waals surface area contributed by atoms with Crippen molar-refractivity contribution >= 4 is 5.91 Å². The molecule has 0 spiro atoms. The van der Waals surface area contributed by atoms with Gasteiger partial charge in [0.1, 0.15) is 0 Å². The fourth-order valence-corrected chi connectivity index (χ4v) is 3.99. The van der Waals surface area contributed by atoms with Crippen LogP contribution in [0.5, 0.6) is 0 Å². The van der Waals surface area contributed by atoms with Crippen LogP contribution in [0.25, 0.3) is 0 Å². The number of likely N-dealkylation sites (tertiary alicyclic amines) is 1. The van der Waals surface area contributed by atoms with Gasteiger partial charge in [-0.05, 0) is 23.1 Å². The fraction of sp³-hybridized carbons (Fsp3) is 0.286. The molecule has 0 saturated carbocycles. The number of amides is 1. The summed E-state index contributed by atoms with van der Waals surface area (Å²) in [6.45, 7) is 2.95. The van der Waals surface area contributed by atoms with Crippen LogP contribution in [0.2, 0.25) is 0 Å². The maximum absolute atomic E-state index is 12.3. The number of hydrogen-bond acceptors (Lipinski definition) is 2. The lowest BCUT2D eigenvalue weighted by molar-refractivity contribution is -0.121. The summed E-state index contributed by atoms with van der Waals surface area (Å²) in [5.41, 5.74) is 3.57. The smallest absolute Gasteiger partial charge is 0.224 e. The molecule has 24 heavy (non-hydrogen) atoms. The molecule has 1 amide bonds. The molecule has 3 nitrogen and oxygen atoms in total. The van der Waals surface area contributed by atoms with E-state index in [1.807, 2.05) is 24.3 Å². The number of carbonyl (C=O) groups excluding carboxylic acids is 1. The SMILES string of the molecule is O=C1CC2CN(Cc3ccccc3)CC2C2=C(/C=C\C=C/C=C2)N1. The van der Waals surface area contributed by atoms with Gasteiger partial charge in [0.15, 0.2) is 0 Å². The minimum absolute atomic E-state index is 0.138. The van der Waals surface area contributed by atoms with E-state index in [9.17, 15) is 4.79 Å². The lowest BCUT2D eigenvalue weighted by atomic mass is 9.86. The lowest BCUT2D eigenvalue weighted by Gasteiger charge is -2.18. The molecule has 122 valence electrons. The number of nitrogens with zero attached hydrogens (tertiary/aromatic N) is 1. The summed E-state index contributed by atoms with van der Waals surface area (Å²) in [7, 11) is 0. The molecule has 0 radical (unpaired) electrons. The van der Waals surface area contributed by atoms with E-state index in [1.54, 1.807) is 0 Å². The highest BCUT2D eigenvalue weighted by Crippen LogP contribution is 2.37. The quantitative estimate of drug-likeness (QED) is 0.908. The molecular formula is C21H22N2O. The average molecular weight is 318 g/mol. The zero-order valence-electron chi connectivity index (χ0n) is 13.7. The fourth-order valence-electron chi connectivity index (χ4n) is 3.99. The molecule has 0 aromatic heterocycles. The van der Waals surface area contributed by atoms with Gasteiger partial charge in [-0.2, -0.15) is 0 Å². The molecular weight excluding hydrogens is 296 g/mol. The predicted octanol–water partition coefficient (Wildman–Crippen LogP) is 3.19. The van der Waals surface area contributed by atoms with Gasteiger partial charge in [-0.1, -0.05) is 60.7 Å². The number of allylic oxidation sites excluding steroid dienone is 6. The third-order valence-corrected chi connectivity index (χ3v) is 5.07. The van der Waals surface area contributed by atoms with Crippen molar-refractivity contribution in [1.29, 1.82) is 0 Å². The normalized spacial score (nSPS) is 29.1. The van der Waals surface area contributed by atoms with Gasteiger partial charge in [-0.3, -0.25) is 9.69 Å². The average Bonchev–Trinajstić information content (AvgIpc) is 2.88. The third-order valence-electron chi connectivity index (χ3n) is 5.07. The maximum Gasteiger partial charge on any atom is 0.224 e. The second-order valence-corrected chi connectivity index (χ2v) is 6.77. The van der Waals surface area contributed by atoms with E-state index in [2.05, 4.69) is 52.7 Å². The highest BCUT2D eigenvalue weighted by atomic mass is 16.1. The summed E-state index contributed by atoms with van der Waals surface area (Å²) < 4.78 is 0. The molecule has 0 bridgehead atoms. The zero-order chi connectivity index (χ0) is 16.4. The summed E-state index contributed by atoms with van der Waals surface area (Å²) in [4.78, 5) is 14.8. The van der Waals surface area contributed by atoms with Crippen molar-refractivity contribution in [2.45, 2.75) is 13.0 Å². The van der Waals surface area contributed by atoms with Gasteiger partial charge >= 0.3 is 0 Å². The van der Waals surface area contributed by atoms with E-state index in [4.69, 9.17) is 0 Å². The van der Waals surface area contributed by atoms with Crippen LogP contribution in [-0.4, -0.2) is 23.9 Å². The maximum atomic E-state index is 12.3. The first-order valence-electron chi connectivity index (χ1n) is 8.61. The van der Waals surface area contributed by atoms with Gasteiger partial charge in [0, 0.05) is 37.7 Å². The lowest BCUT2D eigenvalue weighted by Crippen LogP contribution is -2.25. The molecule has 1 saturated heterocycles. The van der Waals surface area contributed by atoms with Gasteiger partial charge < -0.3 is 5.32 Å². The van der Waals surface area contributed by atoms with E-state index >= 15 is 0 Å². The Bertz CT molecular complexity index is 742. The molecule has 3 heteroatoms. The van der Waals surface area contributed by atoms with Crippen LogP contribution in [0.15, 0.2) is 78.1 Å². The third kappa shape index (κ3) is 3.13. The van der Waals surface area contributed by atoms with Crippen molar-refractivity contribution in [2.75, 3.05) is 13.1 Å². The number of nitrogens with one attached hydrogen (secondary N) is 1. The number of fused-ring (bicyclic) bond motifs is 2. The molecule has 1 aliphatic carbocycles. The van der Waals surface area contributed by atoms with Crippen molar-refractivity contribution in [1.82, 2.24) is 10.2 Å². The molecule has 1 aromatic rings. The number of carbonyl (C=O) groups is 1. The van der Waals surface area contributed by atoms with Gasteiger partial charge in [0.25, 0.3) is 0 Å². The van der Waals surface area contributed by atoms with Crippen LogP contribution >= 0.6 is 0 Å². The summed E-state index contributed by atoms with van der Waals surface area (Å²) in [5.74, 6) is 0.942. The van der Waals surface area contributed by atoms with Crippen molar-refractivity contribution in [3.63, 3.8) is 0 Å². The monoisotopic (exact) mass is 318 g/mol. The first kappa shape index (κ1) is 15.2. The second-order valence-electron chi connectivity index (χ2n) is 6.77. The van der Waals surface area contributed by atoms with E-state index in [1.165, 1.54) is 11.1 Å².